The molecule has 9 nitrogen and oxygen atoms in total. The molecule has 2 rings (SSSR count). The summed E-state index contributed by atoms with van der Waals surface area (Å²) in [7, 11) is 0. The average Bonchev–Trinajstić information content (AvgIpc) is 2.69. The number of halogens is 2. The first-order chi connectivity index (χ1) is 14.1. The van der Waals surface area contributed by atoms with Gasteiger partial charge in [0.1, 0.15) is 6.04 Å². The Morgan fingerprint density at radius 3 is 2.43 bits per heavy atom. The van der Waals surface area contributed by atoms with E-state index in [1.54, 1.807) is 0 Å². The number of hydrogen-bond acceptors (Lipinski definition) is 6. The van der Waals surface area contributed by atoms with E-state index in [1.165, 1.54) is 50.2 Å². The molecule has 0 saturated heterocycles. The number of carbonyl (C=O) groups excluding carboxylic acids is 3. The molecule has 0 spiro atoms. The lowest BCUT2D eigenvalue weighted by molar-refractivity contribution is -0.384. The van der Waals surface area contributed by atoms with Crippen LogP contribution in [0.5, 0.6) is 0 Å². The summed E-state index contributed by atoms with van der Waals surface area (Å²) in [5.74, 6) is -2.20. The van der Waals surface area contributed by atoms with Crippen molar-refractivity contribution in [3.8, 4) is 0 Å². The number of non-ortho nitro benzene ring substituents is 1. The molecule has 0 saturated carbocycles. The normalized spacial score (nSPS) is 12.4. The Bertz CT molecular complexity index is 998. The van der Waals surface area contributed by atoms with Gasteiger partial charge in [0.2, 0.25) is 0 Å². The standard InChI is InChI=1S/C19H17Cl2N3O6/c1-10(22-18(26)12-4-3-5-14(8-12)24(28)29)19(27)30-11(2)17(25)23-16-7-6-13(20)9-15(16)21/h3-11H,1-2H3,(H,22,26)(H,23,25). The highest BCUT2D eigenvalue weighted by Crippen LogP contribution is 2.25. The molecular formula is C19H17Cl2N3O6. The van der Waals surface area contributed by atoms with E-state index in [0.29, 0.717) is 10.7 Å². The number of rotatable bonds is 7. The average molecular weight is 454 g/mol. The second-order valence-corrected chi connectivity index (χ2v) is 7.04. The van der Waals surface area contributed by atoms with Crippen molar-refractivity contribution in [2.45, 2.75) is 26.0 Å². The van der Waals surface area contributed by atoms with Crippen molar-refractivity contribution in [2.24, 2.45) is 0 Å². The molecule has 0 aliphatic carbocycles. The number of benzene rings is 2. The van der Waals surface area contributed by atoms with Crippen LogP contribution >= 0.6 is 23.2 Å². The Hall–Kier alpha value is -3.17. The number of nitro benzene ring substituents is 1. The van der Waals surface area contributed by atoms with Gasteiger partial charge in [0, 0.05) is 22.7 Å². The third kappa shape index (κ3) is 6.16. The lowest BCUT2D eigenvalue weighted by Gasteiger charge is -2.18. The van der Waals surface area contributed by atoms with Crippen LogP contribution in [-0.4, -0.2) is 34.9 Å². The highest BCUT2D eigenvalue weighted by Gasteiger charge is 2.24. The van der Waals surface area contributed by atoms with E-state index in [-0.39, 0.29) is 16.3 Å². The molecule has 0 aliphatic rings. The molecule has 2 atom stereocenters. The highest BCUT2D eigenvalue weighted by molar-refractivity contribution is 6.36. The van der Waals surface area contributed by atoms with Crippen LogP contribution in [0.25, 0.3) is 0 Å². The van der Waals surface area contributed by atoms with Gasteiger partial charge >= 0.3 is 5.97 Å². The fraction of sp³-hybridized carbons (Fsp3) is 0.211. The number of nitrogens with zero attached hydrogens (tertiary/aromatic N) is 1. The zero-order valence-corrected chi connectivity index (χ0v) is 17.4. The van der Waals surface area contributed by atoms with Crippen LogP contribution in [0.2, 0.25) is 10.0 Å². The van der Waals surface area contributed by atoms with Gasteiger partial charge in [-0.15, -0.1) is 0 Å². The highest BCUT2D eigenvalue weighted by atomic mass is 35.5. The van der Waals surface area contributed by atoms with Crippen molar-refractivity contribution in [2.75, 3.05) is 5.32 Å². The van der Waals surface area contributed by atoms with Gasteiger partial charge in [-0.1, -0.05) is 29.3 Å². The summed E-state index contributed by atoms with van der Waals surface area (Å²) < 4.78 is 5.07. The Labute approximate surface area is 181 Å². The maximum atomic E-state index is 12.2. The summed E-state index contributed by atoms with van der Waals surface area (Å²) in [6.45, 7) is 2.71. The molecule has 2 unspecified atom stereocenters. The van der Waals surface area contributed by atoms with Crippen LogP contribution < -0.4 is 10.6 Å². The summed E-state index contributed by atoms with van der Waals surface area (Å²) in [6.07, 6.45) is -1.18. The predicted molar refractivity (Wildman–Crippen MR) is 111 cm³/mol. The Morgan fingerprint density at radius 2 is 1.80 bits per heavy atom. The van der Waals surface area contributed by atoms with Crippen molar-refractivity contribution in [1.29, 1.82) is 0 Å². The lowest BCUT2D eigenvalue weighted by atomic mass is 10.2. The lowest BCUT2D eigenvalue weighted by Crippen LogP contribution is -2.42. The number of hydrogen-bond donors (Lipinski definition) is 2. The van der Waals surface area contributed by atoms with Gasteiger partial charge in [0.25, 0.3) is 17.5 Å². The Kier molecular flexibility index (Phi) is 7.73. The molecule has 2 aromatic carbocycles. The first-order valence-corrected chi connectivity index (χ1v) is 9.35. The van der Waals surface area contributed by atoms with E-state index >= 15 is 0 Å². The summed E-state index contributed by atoms with van der Waals surface area (Å²) in [5, 5.41) is 16.3. The van der Waals surface area contributed by atoms with Crippen LogP contribution in [0.15, 0.2) is 42.5 Å². The Morgan fingerprint density at radius 1 is 1.10 bits per heavy atom. The van der Waals surface area contributed by atoms with Crippen molar-refractivity contribution < 1.29 is 24.0 Å². The molecule has 0 fully saturated rings. The second-order valence-electron chi connectivity index (χ2n) is 6.20. The molecule has 2 N–H and O–H groups in total. The maximum Gasteiger partial charge on any atom is 0.329 e. The van der Waals surface area contributed by atoms with E-state index in [2.05, 4.69) is 10.6 Å². The summed E-state index contributed by atoms with van der Waals surface area (Å²) in [5.41, 5.74) is 0.0389. The van der Waals surface area contributed by atoms with Gasteiger partial charge in [0.05, 0.1) is 15.6 Å². The van der Waals surface area contributed by atoms with Gasteiger partial charge in [-0.05, 0) is 38.1 Å². The fourth-order valence-electron chi connectivity index (χ4n) is 2.25. The molecule has 2 aromatic rings. The van der Waals surface area contributed by atoms with Crippen LogP contribution in [0, 0.1) is 10.1 Å². The maximum absolute atomic E-state index is 12.2. The van der Waals surface area contributed by atoms with Crippen molar-refractivity contribution >= 4 is 52.4 Å². The molecule has 11 heteroatoms. The topological polar surface area (TPSA) is 128 Å². The third-order valence-corrected chi connectivity index (χ3v) is 4.42. The molecule has 0 aromatic heterocycles. The minimum Gasteiger partial charge on any atom is -0.451 e. The van der Waals surface area contributed by atoms with E-state index < -0.39 is 34.9 Å². The van der Waals surface area contributed by atoms with Crippen LogP contribution in [0.3, 0.4) is 0 Å². The van der Waals surface area contributed by atoms with Crippen molar-refractivity contribution in [3.63, 3.8) is 0 Å². The molecule has 0 aliphatic heterocycles. The number of ether oxygens (including phenoxy) is 1. The van der Waals surface area contributed by atoms with E-state index in [0.717, 1.165) is 6.07 Å². The monoisotopic (exact) mass is 453 g/mol. The smallest absolute Gasteiger partial charge is 0.329 e. The minimum atomic E-state index is -1.18. The van der Waals surface area contributed by atoms with Gasteiger partial charge in [-0.2, -0.15) is 0 Å². The third-order valence-electron chi connectivity index (χ3n) is 3.87. The van der Waals surface area contributed by atoms with Gasteiger partial charge in [-0.3, -0.25) is 19.7 Å². The number of amides is 2. The fourth-order valence-corrected chi connectivity index (χ4v) is 2.71. The molecule has 30 heavy (non-hydrogen) atoms. The van der Waals surface area contributed by atoms with Gasteiger partial charge in [0.15, 0.2) is 6.10 Å². The Balaban J connectivity index is 1.94. The molecule has 0 radical (unpaired) electrons. The summed E-state index contributed by atoms with van der Waals surface area (Å²) in [4.78, 5) is 46.8. The number of anilines is 1. The van der Waals surface area contributed by atoms with Crippen molar-refractivity contribution in [3.05, 3.63) is 68.2 Å². The van der Waals surface area contributed by atoms with Gasteiger partial charge in [-0.25, -0.2) is 4.79 Å². The van der Waals surface area contributed by atoms with Gasteiger partial charge < -0.3 is 15.4 Å². The molecule has 158 valence electrons. The quantitative estimate of drug-likeness (QED) is 0.374. The van der Waals surface area contributed by atoms with Crippen LogP contribution in [0.1, 0.15) is 24.2 Å². The van der Waals surface area contributed by atoms with Crippen LogP contribution in [0.4, 0.5) is 11.4 Å². The minimum absolute atomic E-state index is 0.00650. The largest absolute Gasteiger partial charge is 0.451 e. The first kappa shape index (κ1) is 23.1. The first-order valence-electron chi connectivity index (χ1n) is 8.60. The zero-order chi connectivity index (χ0) is 22.4. The molecule has 2 amide bonds. The summed E-state index contributed by atoms with van der Waals surface area (Å²) in [6, 6.07) is 8.41. The number of nitro groups is 1. The zero-order valence-electron chi connectivity index (χ0n) is 15.8. The van der Waals surface area contributed by atoms with E-state index in [9.17, 15) is 24.5 Å². The summed E-state index contributed by atoms with van der Waals surface area (Å²) >= 11 is 11.8. The van der Waals surface area contributed by atoms with E-state index in [1.807, 2.05) is 0 Å². The SMILES string of the molecule is CC(NC(=O)c1cccc([N+](=O)[O-])c1)C(=O)OC(C)C(=O)Nc1ccc(Cl)cc1Cl. The second kappa shape index (κ2) is 10.0. The number of esters is 1. The number of nitrogens with one attached hydrogen (secondary N) is 2. The molecular weight excluding hydrogens is 437 g/mol. The number of carbonyl (C=O) groups is 3. The van der Waals surface area contributed by atoms with Crippen LogP contribution in [-0.2, 0) is 14.3 Å². The predicted octanol–water partition coefficient (Wildman–Crippen LogP) is 3.59. The molecule has 0 heterocycles. The molecule has 0 bridgehead atoms. The van der Waals surface area contributed by atoms with E-state index in [4.69, 9.17) is 27.9 Å². The van der Waals surface area contributed by atoms with Crippen molar-refractivity contribution in [1.82, 2.24) is 5.32 Å².